The van der Waals surface area contributed by atoms with Gasteiger partial charge in [0.2, 0.25) is 0 Å². The second kappa shape index (κ2) is 7.11. The van der Waals surface area contributed by atoms with Gasteiger partial charge in [-0.1, -0.05) is 17.7 Å². The highest BCUT2D eigenvalue weighted by Crippen LogP contribution is 2.25. The number of nitrogens with two attached hydrogens (primary N) is 1. The number of fused-ring (bicyclic) bond motifs is 1. The number of nitrogens with one attached hydrogen (secondary N) is 1. The Balaban J connectivity index is 0.00000225. The molecule has 3 rings (SSSR count). The fraction of sp³-hybridized carbons (Fsp3) is 0.200. The highest BCUT2D eigenvalue weighted by molar-refractivity contribution is 6.07. The van der Waals surface area contributed by atoms with Gasteiger partial charge in [0.25, 0.3) is 5.91 Å². The number of pyridine rings is 1. The SMILES string of the molecule is Cc1cc(C)c(C(=O)Nc2ccc3nc(C)cc(N)c3c2)c(C)c1.Cl. The molecule has 3 aromatic rings. The number of carbonyl (C=O) groups excluding carboxylic acids is 1. The van der Waals surface area contributed by atoms with Crippen LogP contribution in [0.4, 0.5) is 11.4 Å². The molecule has 0 unspecified atom stereocenters. The summed E-state index contributed by atoms with van der Waals surface area (Å²) < 4.78 is 0. The first kappa shape index (κ1) is 18.7. The number of aryl methyl sites for hydroxylation is 4. The molecule has 4 nitrogen and oxygen atoms in total. The molecule has 0 aliphatic carbocycles. The van der Waals surface area contributed by atoms with Crippen molar-refractivity contribution in [3.8, 4) is 0 Å². The number of hydrogen-bond donors (Lipinski definition) is 2. The molecule has 1 amide bonds. The molecular formula is C20H22ClN3O. The van der Waals surface area contributed by atoms with Crippen molar-refractivity contribution in [1.82, 2.24) is 4.98 Å². The van der Waals surface area contributed by atoms with E-state index in [1.165, 1.54) is 0 Å². The van der Waals surface area contributed by atoms with Crippen molar-refractivity contribution in [1.29, 1.82) is 0 Å². The monoisotopic (exact) mass is 355 g/mol. The summed E-state index contributed by atoms with van der Waals surface area (Å²) in [6.45, 7) is 7.86. The van der Waals surface area contributed by atoms with Gasteiger partial charge in [-0.05, 0) is 63.1 Å². The van der Waals surface area contributed by atoms with Crippen LogP contribution in [-0.2, 0) is 0 Å². The first-order chi connectivity index (χ1) is 11.3. The Labute approximate surface area is 153 Å². The lowest BCUT2D eigenvalue weighted by molar-refractivity contribution is 0.102. The highest BCUT2D eigenvalue weighted by Gasteiger charge is 2.13. The van der Waals surface area contributed by atoms with Crippen molar-refractivity contribution >= 4 is 40.6 Å². The maximum absolute atomic E-state index is 12.7. The van der Waals surface area contributed by atoms with Gasteiger partial charge in [0.05, 0.1) is 5.52 Å². The fourth-order valence-electron chi connectivity index (χ4n) is 3.20. The molecule has 0 atom stereocenters. The van der Waals surface area contributed by atoms with Gasteiger partial charge >= 0.3 is 0 Å². The second-order valence-corrected chi connectivity index (χ2v) is 6.31. The third-order valence-electron chi connectivity index (χ3n) is 4.13. The van der Waals surface area contributed by atoms with Gasteiger partial charge in [0, 0.05) is 28.0 Å². The number of amides is 1. The second-order valence-electron chi connectivity index (χ2n) is 6.31. The molecule has 25 heavy (non-hydrogen) atoms. The summed E-state index contributed by atoms with van der Waals surface area (Å²) in [5.74, 6) is -0.108. The Morgan fingerprint density at radius 2 is 1.64 bits per heavy atom. The summed E-state index contributed by atoms with van der Waals surface area (Å²) in [5.41, 5.74) is 13.0. The first-order valence-electron chi connectivity index (χ1n) is 7.91. The first-order valence-corrected chi connectivity index (χ1v) is 7.91. The van der Waals surface area contributed by atoms with E-state index >= 15 is 0 Å². The highest BCUT2D eigenvalue weighted by atomic mass is 35.5. The van der Waals surface area contributed by atoms with Gasteiger partial charge in [-0.2, -0.15) is 0 Å². The third kappa shape index (κ3) is 3.74. The van der Waals surface area contributed by atoms with E-state index in [2.05, 4.69) is 10.3 Å². The molecule has 5 heteroatoms. The smallest absolute Gasteiger partial charge is 0.256 e. The standard InChI is InChI=1S/C20H21N3O.ClH/c1-11-7-12(2)19(13(3)8-11)20(24)23-15-5-6-18-16(10-15)17(21)9-14(4)22-18;/h5-10H,1-4H3,(H2,21,22)(H,23,24);1H. The molecule has 0 aliphatic rings. The average molecular weight is 356 g/mol. The van der Waals surface area contributed by atoms with E-state index in [1.807, 2.05) is 64.1 Å². The Bertz CT molecular complexity index is 944. The minimum absolute atomic E-state index is 0. The van der Waals surface area contributed by atoms with Crippen LogP contribution >= 0.6 is 12.4 Å². The lowest BCUT2D eigenvalue weighted by Gasteiger charge is -2.12. The van der Waals surface area contributed by atoms with Gasteiger partial charge in [-0.3, -0.25) is 9.78 Å². The molecule has 3 N–H and O–H groups in total. The van der Waals surface area contributed by atoms with Crippen LogP contribution in [-0.4, -0.2) is 10.9 Å². The van der Waals surface area contributed by atoms with Gasteiger partial charge < -0.3 is 11.1 Å². The zero-order chi connectivity index (χ0) is 17.4. The number of aromatic nitrogens is 1. The number of nitrogens with zero attached hydrogens (tertiary/aromatic N) is 1. The number of nitrogen functional groups attached to an aromatic ring is 1. The molecule has 0 spiro atoms. The van der Waals surface area contributed by atoms with E-state index in [0.29, 0.717) is 11.4 Å². The normalized spacial score (nSPS) is 10.4. The van der Waals surface area contributed by atoms with E-state index in [4.69, 9.17) is 5.73 Å². The van der Waals surface area contributed by atoms with Crippen LogP contribution in [0.1, 0.15) is 32.7 Å². The van der Waals surface area contributed by atoms with Crippen molar-refractivity contribution < 1.29 is 4.79 Å². The van der Waals surface area contributed by atoms with Gasteiger partial charge in [0.15, 0.2) is 0 Å². The molecule has 0 radical (unpaired) electrons. The lowest BCUT2D eigenvalue weighted by atomic mass is 9.99. The lowest BCUT2D eigenvalue weighted by Crippen LogP contribution is -2.15. The molecular weight excluding hydrogens is 334 g/mol. The molecule has 0 saturated carbocycles. The summed E-state index contributed by atoms with van der Waals surface area (Å²) in [7, 11) is 0. The van der Waals surface area contributed by atoms with Crippen molar-refractivity contribution in [2.75, 3.05) is 11.1 Å². The molecule has 2 aromatic carbocycles. The van der Waals surface area contributed by atoms with Crippen LogP contribution in [0, 0.1) is 27.7 Å². The van der Waals surface area contributed by atoms with E-state index < -0.39 is 0 Å². The van der Waals surface area contributed by atoms with Crippen LogP contribution in [0.25, 0.3) is 10.9 Å². The van der Waals surface area contributed by atoms with Crippen LogP contribution in [0.5, 0.6) is 0 Å². The summed E-state index contributed by atoms with van der Waals surface area (Å²) >= 11 is 0. The largest absolute Gasteiger partial charge is 0.398 e. The van der Waals surface area contributed by atoms with Gasteiger partial charge in [-0.25, -0.2) is 0 Å². The predicted molar refractivity (Wildman–Crippen MR) is 107 cm³/mol. The molecule has 1 aromatic heterocycles. The fourth-order valence-corrected chi connectivity index (χ4v) is 3.20. The van der Waals surface area contributed by atoms with Crippen molar-refractivity contribution in [2.24, 2.45) is 0 Å². The molecule has 0 bridgehead atoms. The van der Waals surface area contributed by atoms with Crippen LogP contribution in [0.2, 0.25) is 0 Å². The summed E-state index contributed by atoms with van der Waals surface area (Å²) in [6, 6.07) is 11.5. The Hall–Kier alpha value is -2.59. The third-order valence-corrected chi connectivity index (χ3v) is 4.13. The maximum atomic E-state index is 12.7. The van der Waals surface area contributed by atoms with Crippen LogP contribution in [0.15, 0.2) is 36.4 Å². The van der Waals surface area contributed by atoms with Gasteiger partial charge in [-0.15, -0.1) is 12.4 Å². The molecule has 0 fully saturated rings. The Kier molecular flexibility index (Phi) is 5.33. The minimum atomic E-state index is -0.108. The number of benzene rings is 2. The number of halogens is 1. The molecule has 0 saturated heterocycles. The quantitative estimate of drug-likeness (QED) is 0.698. The van der Waals surface area contributed by atoms with Gasteiger partial charge in [0.1, 0.15) is 0 Å². The topological polar surface area (TPSA) is 68.0 Å². The summed E-state index contributed by atoms with van der Waals surface area (Å²) in [5, 5.41) is 3.81. The number of anilines is 2. The van der Waals surface area contributed by atoms with Crippen molar-refractivity contribution in [2.45, 2.75) is 27.7 Å². The summed E-state index contributed by atoms with van der Waals surface area (Å²) in [6.07, 6.45) is 0. The number of rotatable bonds is 2. The molecule has 1 heterocycles. The van der Waals surface area contributed by atoms with E-state index in [1.54, 1.807) is 0 Å². The molecule has 0 aliphatic heterocycles. The van der Waals surface area contributed by atoms with Crippen molar-refractivity contribution in [3.05, 3.63) is 64.3 Å². The zero-order valence-electron chi connectivity index (χ0n) is 14.8. The van der Waals surface area contributed by atoms with E-state index in [-0.39, 0.29) is 18.3 Å². The number of hydrogen-bond acceptors (Lipinski definition) is 3. The van der Waals surface area contributed by atoms with E-state index in [9.17, 15) is 4.79 Å². The van der Waals surface area contributed by atoms with Crippen LogP contribution < -0.4 is 11.1 Å². The van der Waals surface area contributed by atoms with Crippen LogP contribution in [0.3, 0.4) is 0 Å². The summed E-state index contributed by atoms with van der Waals surface area (Å²) in [4.78, 5) is 17.1. The maximum Gasteiger partial charge on any atom is 0.256 e. The Morgan fingerprint density at radius 1 is 1.00 bits per heavy atom. The molecule has 130 valence electrons. The Morgan fingerprint density at radius 3 is 2.28 bits per heavy atom. The minimum Gasteiger partial charge on any atom is -0.398 e. The predicted octanol–water partition coefficient (Wildman–Crippen LogP) is 4.72. The van der Waals surface area contributed by atoms with E-state index in [0.717, 1.165) is 38.9 Å². The average Bonchev–Trinajstić information content (AvgIpc) is 2.46. The zero-order valence-corrected chi connectivity index (χ0v) is 15.6. The van der Waals surface area contributed by atoms with Crippen molar-refractivity contribution in [3.63, 3.8) is 0 Å². The number of carbonyl (C=O) groups is 1.